The predicted octanol–water partition coefficient (Wildman–Crippen LogP) is 2.08. The van der Waals surface area contributed by atoms with E-state index in [9.17, 15) is 0 Å². The molecule has 0 atom stereocenters. The maximum absolute atomic E-state index is 5.52. The second-order valence-electron chi connectivity index (χ2n) is 4.42. The van der Waals surface area contributed by atoms with E-state index in [1.807, 2.05) is 30.3 Å². The molecule has 1 aromatic carbocycles. The van der Waals surface area contributed by atoms with Gasteiger partial charge in [-0.3, -0.25) is 0 Å². The topological polar surface area (TPSA) is 30.5 Å². The Kier molecular flexibility index (Phi) is 5.33. The van der Waals surface area contributed by atoms with Crippen molar-refractivity contribution in [2.75, 3.05) is 32.9 Å². The summed E-state index contributed by atoms with van der Waals surface area (Å²) in [5.74, 6) is 1.85. The Morgan fingerprint density at radius 3 is 2.65 bits per heavy atom. The average molecular weight is 235 g/mol. The summed E-state index contributed by atoms with van der Waals surface area (Å²) in [7, 11) is 0. The highest BCUT2D eigenvalue weighted by Crippen LogP contribution is 2.27. The van der Waals surface area contributed by atoms with Gasteiger partial charge in [-0.15, -0.1) is 0 Å². The van der Waals surface area contributed by atoms with E-state index in [0.29, 0.717) is 13.2 Å². The number of hydrogen-bond acceptors (Lipinski definition) is 3. The molecule has 0 unspecified atom stereocenters. The predicted molar refractivity (Wildman–Crippen MR) is 68.3 cm³/mol. The van der Waals surface area contributed by atoms with Gasteiger partial charge in [-0.25, -0.2) is 0 Å². The fraction of sp³-hybridized carbons (Fsp3) is 0.571. The molecule has 0 spiro atoms. The van der Waals surface area contributed by atoms with Crippen LogP contribution in [0.5, 0.6) is 5.75 Å². The Morgan fingerprint density at radius 1 is 1.06 bits per heavy atom. The molecule has 0 bridgehead atoms. The van der Waals surface area contributed by atoms with Crippen LogP contribution in [0.15, 0.2) is 30.3 Å². The first-order valence-corrected chi connectivity index (χ1v) is 6.41. The van der Waals surface area contributed by atoms with Crippen molar-refractivity contribution in [1.82, 2.24) is 5.32 Å². The lowest BCUT2D eigenvalue weighted by Gasteiger charge is -2.07. The quantitative estimate of drug-likeness (QED) is 0.665. The second-order valence-corrected chi connectivity index (χ2v) is 4.42. The minimum Gasteiger partial charge on any atom is -0.491 e. The van der Waals surface area contributed by atoms with Gasteiger partial charge in [0.1, 0.15) is 12.4 Å². The van der Waals surface area contributed by atoms with Crippen LogP contribution in [0.25, 0.3) is 0 Å². The molecule has 1 aromatic rings. The third-order valence-electron chi connectivity index (χ3n) is 2.79. The summed E-state index contributed by atoms with van der Waals surface area (Å²) in [5.41, 5.74) is 0. The first-order chi connectivity index (χ1) is 8.45. The highest BCUT2D eigenvalue weighted by atomic mass is 16.5. The van der Waals surface area contributed by atoms with E-state index in [0.717, 1.165) is 31.4 Å². The molecule has 17 heavy (non-hydrogen) atoms. The number of nitrogens with one attached hydrogen (secondary N) is 1. The van der Waals surface area contributed by atoms with Crippen LogP contribution >= 0.6 is 0 Å². The zero-order valence-electron chi connectivity index (χ0n) is 10.2. The summed E-state index contributed by atoms with van der Waals surface area (Å²) in [6.07, 6.45) is 2.80. The molecule has 0 aromatic heterocycles. The van der Waals surface area contributed by atoms with Gasteiger partial charge in [0.2, 0.25) is 0 Å². The Labute approximate surface area is 103 Å². The van der Waals surface area contributed by atoms with Crippen LogP contribution in [0.4, 0.5) is 0 Å². The SMILES string of the molecule is c1ccc(OCCOCCNCC2CC2)cc1. The first kappa shape index (κ1) is 12.4. The van der Waals surface area contributed by atoms with Crippen molar-refractivity contribution in [1.29, 1.82) is 0 Å². The molecule has 1 aliphatic carbocycles. The lowest BCUT2D eigenvalue weighted by atomic mass is 10.3. The van der Waals surface area contributed by atoms with E-state index in [-0.39, 0.29) is 0 Å². The van der Waals surface area contributed by atoms with E-state index in [4.69, 9.17) is 9.47 Å². The Hall–Kier alpha value is -1.06. The normalized spacial score (nSPS) is 14.8. The zero-order chi connectivity index (χ0) is 11.8. The fourth-order valence-corrected chi connectivity index (χ4v) is 1.61. The van der Waals surface area contributed by atoms with E-state index < -0.39 is 0 Å². The Balaban J connectivity index is 1.38. The molecule has 0 heterocycles. The summed E-state index contributed by atoms with van der Waals surface area (Å²) < 4.78 is 11.0. The van der Waals surface area contributed by atoms with Gasteiger partial charge < -0.3 is 14.8 Å². The Bertz CT molecular complexity index is 298. The molecule has 3 heteroatoms. The van der Waals surface area contributed by atoms with Crippen LogP contribution in [0.1, 0.15) is 12.8 Å². The zero-order valence-corrected chi connectivity index (χ0v) is 10.2. The summed E-state index contributed by atoms with van der Waals surface area (Å²) >= 11 is 0. The molecule has 1 N–H and O–H groups in total. The van der Waals surface area contributed by atoms with Gasteiger partial charge in [0.25, 0.3) is 0 Å². The van der Waals surface area contributed by atoms with E-state index in [1.165, 1.54) is 12.8 Å². The van der Waals surface area contributed by atoms with Crippen LogP contribution in [-0.2, 0) is 4.74 Å². The largest absolute Gasteiger partial charge is 0.491 e. The second kappa shape index (κ2) is 7.30. The molecular weight excluding hydrogens is 214 g/mol. The van der Waals surface area contributed by atoms with Crippen LogP contribution in [0.2, 0.25) is 0 Å². The van der Waals surface area contributed by atoms with Gasteiger partial charge in [-0.1, -0.05) is 18.2 Å². The van der Waals surface area contributed by atoms with Crippen molar-refractivity contribution in [3.63, 3.8) is 0 Å². The Morgan fingerprint density at radius 2 is 1.88 bits per heavy atom. The third kappa shape index (κ3) is 5.71. The molecule has 0 radical (unpaired) electrons. The third-order valence-corrected chi connectivity index (χ3v) is 2.79. The first-order valence-electron chi connectivity index (χ1n) is 6.41. The minimum atomic E-state index is 0.618. The molecule has 2 rings (SSSR count). The lowest BCUT2D eigenvalue weighted by Crippen LogP contribution is -2.22. The molecule has 3 nitrogen and oxygen atoms in total. The van der Waals surface area contributed by atoms with Gasteiger partial charge in [0.05, 0.1) is 13.2 Å². The smallest absolute Gasteiger partial charge is 0.119 e. The molecule has 0 amide bonds. The maximum atomic E-state index is 5.52. The molecule has 1 saturated carbocycles. The lowest BCUT2D eigenvalue weighted by molar-refractivity contribution is 0.102. The average Bonchev–Trinajstić information content (AvgIpc) is 3.18. The van der Waals surface area contributed by atoms with Crippen molar-refractivity contribution < 1.29 is 9.47 Å². The van der Waals surface area contributed by atoms with E-state index in [2.05, 4.69) is 5.32 Å². The van der Waals surface area contributed by atoms with Gasteiger partial charge in [0, 0.05) is 6.54 Å². The van der Waals surface area contributed by atoms with Gasteiger partial charge >= 0.3 is 0 Å². The van der Waals surface area contributed by atoms with Gasteiger partial charge in [-0.2, -0.15) is 0 Å². The summed E-state index contributed by atoms with van der Waals surface area (Å²) in [6, 6.07) is 9.83. The molecule has 0 aliphatic heterocycles. The number of hydrogen-bond donors (Lipinski definition) is 1. The number of ether oxygens (including phenoxy) is 2. The number of rotatable bonds is 9. The monoisotopic (exact) mass is 235 g/mol. The van der Waals surface area contributed by atoms with Gasteiger partial charge in [0.15, 0.2) is 0 Å². The summed E-state index contributed by atoms with van der Waals surface area (Å²) in [5, 5.41) is 3.39. The highest BCUT2D eigenvalue weighted by Gasteiger charge is 2.19. The van der Waals surface area contributed by atoms with Crippen molar-refractivity contribution in [3.8, 4) is 5.75 Å². The molecule has 1 aliphatic rings. The van der Waals surface area contributed by atoms with Crippen LogP contribution < -0.4 is 10.1 Å². The van der Waals surface area contributed by atoms with Crippen molar-refractivity contribution in [3.05, 3.63) is 30.3 Å². The standard InChI is InChI=1S/C14H21NO2/c1-2-4-14(5-3-1)17-11-10-16-9-8-15-12-13-6-7-13/h1-5,13,15H,6-12H2. The van der Waals surface area contributed by atoms with Crippen LogP contribution in [-0.4, -0.2) is 32.9 Å². The highest BCUT2D eigenvalue weighted by molar-refractivity contribution is 5.20. The number of benzene rings is 1. The molecular formula is C14H21NO2. The molecule has 1 fully saturated rings. The number of para-hydroxylation sites is 1. The van der Waals surface area contributed by atoms with Gasteiger partial charge in [-0.05, 0) is 37.4 Å². The minimum absolute atomic E-state index is 0.618. The fourth-order valence-electron chi connectivity index (χ4n) is 1.61. The van der Waals surface area contributed by atoms with E-state index in [1.54, 1.807) is 0 Å². The van der Waals surface area contributed by atoms with Crippen molar-refractivity contribution in [2.45, 2.75) is 12.8 Å². The van der Waals surface area contributed by atoms with Crippen molar-refractivity contribution >= 4 is 0 Å². The molecule has 0 saturated heterocycles. The van der Waals surface area contributed by atoms with Crippen LogP contribution in [0, 0.1) is 5.92 Å². The molecule has 94 valence electrons. The summed E-state index contributed by atoms with van der Waals surface area (Å²) in [4.78, 5) is 0. The van der Waals surface area contributed by atoms with Crippen LogP contribution in [0.3, 0.4) is 0 Å². The maximum Gasteiger partial charge on any atom is 0.119 e. The van der Waals surface area contributed by atoms with Crippen molar-refractivity contribution in [2.24, 2.45) is 5.92 Å². The summed E-state index contributed by atoms with van der Waals surface area (Å²) in [6.45, 7) is 4.14. The van der Waals surface area contributed by atoms with E-state index >= 15 is 0 Å².